The van der Waals surface area contributed by atoms with Gasteiger partial charge in [0.2, 0.25) is 5.91 Å². The van der Waals surface area contributed by atoms with Crippen LogP contribution in [0.5, 0.6) is 0 Å². The smallest absolute Gasteiger partial charge is 0.310 e. The number of hydrogen-bond acceptors (Lipinski definition) is 6. The fourth-order valence-electron chi connectivity index (χ4n) is 4.29. The summed E-state index contributed by atoms with van der Waals surface area (Å²) in [5.74, 6) is -0.418. The van der Waals surface area contributed by atoms with E-state index in [1.54, 1.807) is 11.8 Å². The summed E-state index contributed by atoms with van der Waals surface area (Å²) in [5.41, 5.74) is 1.90. The molecule has 2 aromatic rings. The Labute approximate surface area is 187 Å². The second kappa shape index (κ2) is 10.1. The first-order valence-corrected chi connectivity index (χ1v) is 11.2. The molecule has 1 aromatic heterocycles. The van der Waals surface area contributed by atoms with Crippen molar-refractivity contribution in [2.75, 3.05) is 65.6 Å². The summed E-state index contributed by atoms with van der Waals surface area (Å²) in [6.07, 6.45) is 0.0386. The fourth-order valence-corrected chi connectivity index (χ4v) is 4.29. The van der Waals surface area contributed by atoms with Crippen LogP contribution in [0.15, 0.2) is 24.3 Å². The third kappa shape index (κ3) is 4.94. The van der Waals surface area contributed by atoms with E-state index in [2.05, 4.69) is 9.88 Å². The highest BCUT2D eigenvalue weighted by Gasteiger charge is 2.29. The normalized spacial score (nSPS) is 17.5. The van der Waals surface area contributed by atoms with Crippen molar-refractivity contribution in [1.82, 2.24) is 19.7 Å². The van der Waals surface area contributed by atoms with Crippen molar-refractivity contribution in [2.24, 2.45) is 0 Å². The number of rotatable bonds is 6. The van der Waals surface area contributed by atoms with Crippen molar-refractivity contribution >= 4 is 28.7 Å². The summed E-state index contributed by atoms with van der Waals surface area (Å²) >= 11 is 0. The number of carbonyl (C=O) groups is 3. The molecule has 0 aliphatic carbocycles. The lowest BCUT2D eigenvalue weighted by atomic mass is 10.1. The predicted octanol–water partition coefficient (Wildman–Crippen LogP) is 0.890. The van der Waals surface area contributed by atoms with E-state index in [9.17, 15) is 14.4 Å². The lowest BCUT2D eigenvalue weighted by molar-refractivity contribution is -0.142. The van der Waals surface area contributed by atoms with Gasteiger partial charge in [0.15, 0.2) is 0 Å². The molecular formula is C23H30N4O5. The Hall–Kier alpha value is -2.91. The third-order valence-electron chi connectivity index (χ3n) is 6.04. The lowest BCUT2D eigenvalue weighted by Crippen LogP contribution is -2.53. The van der Waals surface area contributed by atoms with E-state index in [0.29, 0.717) is 63.8 Å². The molecule has 0 bridgehead atoms. The molecule has 3 heterocycles. The molecule has 2 amide bonds. The van der Waals surface area contributed by atoms with Crippen LogP contribution in [0, 0.1) is 0 Å². The molecule has 9 nitrogen and oxygen atoms in total. The highest BCUT2D eigenvalue weighted by Crippen LogP contribution is 2.25. The zero-order valence-electron chi connectivity index (χ0n) is 18.5. The van der Waals surface area contributed by atoms with Crippen LogP contribution in [0.25, 0.3) is 10.9 Å². The van der Waals surface area contributed by atoms with Crippen LogP contribution in [0.1, 0.15) is 23.0 Å². The van der Waals surface area contributed by atoms with Crippen LogP contribution in [0.3, 0.4) is 0 Å². The number of esters is 1. The first kappa shape index (κ1) is 22.3. The Morgan fingerprint density at radius 3 is 2.41 bits per heavy atom. The first-order valence-electron chi connectivity index (χ1n) is 11.2. The molecule has 0 unspecified atom stereocenters. The minimum atomic E-state index is -0.357. The van der Waals surface area contributed by atoms with Gasteiger partial charge >= 0.3 is 5.97 Å². The van der Waals surface area contributed by atoms with E-state index in [4.69, 9.17) is 9.47 Å². The van der Waals surface area contributed by atoms with Crippen molar-refractivity contribution in [3.05, 3.63) is 35.5 Å². The first-order chi connectivity index (χ1) is 15.6. The molecule has 1 aromatic carbocycles. The molecule has 0 atom stereocenters. The zero-order chi connectivity index (χ0) is 22.5. The number of nitrogens with zero attached hydrogens (tertiary/aromatic N) is 3. The minimum Gasteiger partial charge on any atom is -0.466 e. The summed E-state index contributed by atoms with van der Waals surface area (Å²) in [7, 11) is 0. The van der Waals surface area contributed by atoms with Gasteiger partial charge in [-0.1, -0.05) is 18.2 Å². The number of fused-ring (bicyclic) bond motifs is 1. The molecule has 2 saturated heterocycles. The summed E-state index contributed by atoms with van der Waals surface area (Å²) in [5, 5.41) is 0.850. The van der Waals surface area contributed by atoms with Gasteiger partial charge in [-0.3, -0.25) is 19.3 Å². The lowest BCUT2D eigenvalue weighted by Gasteiger charge is -2.36. The van der Waals surface area contributed by atoms with E-state index in [1.165, 1.54) is 0 Å². The number of hydrogen-bond donors (Lipinski definition) is 1. The molecule has 9 heteroatoms. The summed E-state index contributed by atoms with van der Waals surface area (Å²) in [6, 6.07) is 7.57. The van der Waals surface area contributed by atoms with Gasteiger partial charge in [0, 0.05) is 55.7 Å². The predicted molar refractivity (Wildman–Crippen MR) is 118 cm³/mol. The highest BCUT2D eigenvalue weighted by atomic mass is 16.5. The van der Waals surface area contributed by atoms with Gasteiger partial charge in [0.05, 0.1) is 32.8 Å². The molecule has 172 valence electrons. The van der Waals surface area contributed by atoms with E-state index in [1.807, 2.05) is 29.2 Å². The topological polar surface area (TPSA) is 95.2 Å². The Morgan fingerprint density at radius 1 is 1.00 bits per heavy atom. The largest absolute Gasteiger partial charge is 0.466 e. The number of H-pyrrole nitrogens is 1. The van der Waals surface area contributed by atoms with E-state index in [0.717, 1.165) is 24.0 Å². The molecule has 2 aliphatic heterocycles. The standard InChI is InChI=1S/C23H30N4O5/c1-2-32-21(29)15-18-17-5-3-4-6-19(17)24-22(18)23(30)27-9-7-26(8-10-27)20(28)16-25-11-13-31-14-12-25/h3-6,24H,2,7-16H2,1H3. The molecule has 0 saturated carbocycles. The van der Waals surface area contributed by atoms with E-state index < -0.39 is 0 Å². The number of aromatic amines is 1. The quantitative estimate of drug-likeness (QED) is 0.668. The van der Waals surface area contributed by atoms with Crippen LogP contribution in [0.2, 0.25) is 0 Å². The number of benzene rings is 1. The van der Waals surface area contributed by atoms with Crippen molar-refractivity contribution in [3.63, 3.8) is 0 Å². The van der Waals surface area contributed by atoms with Gasteiger partial charge in [-0.05, 0) is 13.0 Å². The molecule has 0 radical (unpaired) electrons. The Balaban J connectivity index is 1.42. The average Bonchev–Trinajstić information content (AvgIpc) is 3.18. The van der Waals surface area contributed by atoms with E-state index in [-0.39, 0.29) is 24.2 Å². The summed E-state index contributed by atoms with van der Waals surface area (Å²) < 4.78 is 10.4. The molecule has 2 aliphatic rings. The second-order valence-electron chi connectivity index (χ2n) is 8.07. The zero-order valence-corrected chi connectivity index (χ0v) is 18.5. The van der Waals surface area contributed by atoms with Gasteiger partial charge < -0.3 is 24.3 Å². The monoisotopic (exact) mass is 442 g/mol. The number of carbonyl (C=O) groups excluding carboxylic acids is 3. The maximum Gasteiger partial charge on any atom is 0.310 e. The number of para-hydroxylation sites is 1. The van der Waals surface area contributed by atoms with Crippen LogP contribution < -0.4 is 0 Å². The second-order valence-corrected chi connectivity index (χ2v) is 8.07. The molecule has 2 fully saturated rings. The van der Waals surface area contributed by atoms with E-state index >= 15 is 0 Å². The van der Waals surface area contributed by atoms with Gasteiger partial charge in [-0.2, -0.15) is 0 Å². The SMILES string of the molecule is CCOC(=O)Cc1c(C(=O)N2CCN(C(=O)CN3CCOCC3)CC2)[nH]c2ccccc12. The van der Waals surface area contributed by atoms with Gasteiger partial charge in [0.25, 0.3) is 5.91 Å². The maximum atomic E-state index is 13.3. The van der Waals surface area contributed by atoms with Gasteiger partial charge in [0.1, 0.15) is 5.69 Å². The number of amides is 2. The Bertz CT molecular complexity index is 974. The number of ether oxygens (including phenoxy) is 2. The molecule has 1 N–H and O–H groups in total. The summed E-state index contributed by atoms with van der Waals surface area (Å²) in [4.78, 5) is 47.0. The number of nitrogens with one attached hydrogen (secondary N) is 1. The maximum absolute atomic E-state index is 13.3. The number of piperazine rings is 1. The average molecular weight is 443 g/mol. The molecular weight excluding hydrogens is 412 g/mol. The minimum absolute atomic E-state index is 0.0386. The Morgan fingerprint density at radius 2 is 1.69 bits per heavy atom. The third-order valence-corrected chi connectivity index (χ3v) is 6.04. The van der Waals surface area contributed by atoms with Crippen LogP contribution in [-0.2, 0) is 25.5 Å². The van der Waals surface area contributed by atoms with Gasteiger partial charge in [-0.25, -0.2) is 0 Å². The number of aromatic nitrogens is 1. The van der Waals surface area contributed by atoms with Crippen molar-refractivity contribution < 1.29 is 23.9 Å². The highest BCUT2D eigenvalue weighted by molar-refractivity contribution is 6.02. The number of morpholine rings is 1. The van der Waals surface area contributed by atoms with Crippen molar-refractivity contribution in [3.8, 4) is 0 Å². The molecule has 32 heavy (non-hydrogen) atoms. The molecule has 0 spiro atoms. The van der Waals surface area contributed by atoms with Crippen LogP contribution in [-0.4, -0.2) is 103 Å². The van der Waals surface area contributed by atoms with Crippen LogP contribution >= 0.6 is 0 Å². The summed E-state index contributed by atoms with van der Waals surface area (Å²) in [6.45, 7) is 7.24. The van der Waals surface area contributed by atoms with Crippen molar-refractivity contribution in [2.45, 2.75) is 13.3 Å². The molecule has 4 rings (SSSR count). The Kier molecular flexibility index (Phi) is 7.06. The van der Waals surface area contributed by atoms with Crippen molar-refractivity contribution in [1.29, 1.82) is 0 Å². The van der Waals surface area contributed by atoms with Crippen LogP contribution in [0.4, 0.5) is 0 Å². The van der Waals surface area contributed by atoms with Gasteiger partial charge in [-0.15, -0.1) is 0 Å². The fraction of sp³-hybridized carbons (Fsp3) is 0.522.